The number of carbonyl (C=O) groups excluding carboxylic acids is 3. The molecule has 40 heavy (non-hydrogen) atoms. The molecule has 0 aliphatic carbocycles. The maximum atomic E-state index is 15.8. The van der Waals surface area contributed by atoms with Crippen molar-refractivity contribution in [1.29, 1.82) is 0 Å². The summed E-state index contributed by atoms with van der Waals surface area (Å²) in [5, 5.41) is 9.27. The average Bonchev–Trinajstić information content (AvgIpc) is 3.55. The summed E-state index contributed by atoms with van der Waals surface area (Å²) in [6.07, 6.45) is 0.470. The van der Waals surface area contributed by atoms with Crippen LogP contribution in [-0.4, -0.2) is 37.0 Å². The van der Waals surface area contributed by atoms with Gasteiger partial charge in [0.25, 0.3) is 0 Å². The standard InChI is InChI=1S/C29H28Cl2FN3O5/c1-28(2,3)13-20-29(16-9-8-14(30)12-18(16)33-27(29)38)22(15-6-5-7-17(31)23(15)32)24(34-20)25(36)35-21-11-10-19(40-21)26(37)39-4/h5-12,20,22,24,34H,13H2,1-4H3,(H,33,38)(H,35,36)/t20-,22-,24+,29+/m0/s1. The van der Waals surface area contributed by atoms with Crippen LogP contribution in [0.25, 0.3) is 0 Å². The van der Waals surface area contributed by atoms with E-state index in [0.717, 1.165) is 0 Å². The molecule has 2 aromatic carbocycles. The van der Waals surface area contributed by atoms with Crippen LogP contribution in [0.4, 0.5) is 16.0 Å². The van der Waals surface area contributed by atoms with E-state index in [0.29, 0.717) is 22.7 Å². The summed E-state index contributed by atoms with van der Waals surface area (Å²) in [7, 11) is 1.21. The van der Waals surface area contributed by atoms with E-state index < -0.39 is 41.1 Å². The molecular weight excluding hydrogens is 560 g/mol. The summed E-state index contributed by atoms with van der Waals surface area (Å²) < 4.78 is 25.9. The van der Waals surface area contributed by atoms with Crippen molar-refractivity contribution in [3.63, 3.8) is 0 Å². The van der Waals surface area contributed by atoms with Gasteiger partial charge in [0.05, 0.1) is 18.2 Å². The van der Waals surface area contributed by atoms with Gasteiger partial charge in [-0.25, -0.2) is 9.18 Å². The second kappa shape index (κ2) is 10.2. The minimum atomic E-state index is -1.39. The van der Waals surface area contributed by atoms with Crippen molar-refractivity contribution in [2.75, 3.05) is 17.7 Å². The van der Waals surface area contributed by atoms with Crippen LogP contribution < -0.4 is 16.0 Å². The SMILES string of the molecule is COC(=O)c1ccc(NC(=O)[C@@H]2N[C@@H](CC(C)(C)C)[C@@]3(C(=O)Nc4cc(Cl)ccc43)[C@H]2c2cccc(Cl)c2F)o1. The second-order valence-corrected chi connectivity index (χ2v) is 12.1. The van der Waals surface area contributed by atoms with Crippen LogP contribution in [-0.2, 0) is 19.7 Å². The summed E-state index contributed by atoms with van der Waals surface area (Å²) >= 11 is 12.5. The van der Waals surface area contributed by atoms with Crippen molar-refractivity contribution in [1.82, 2.24) is 5.32 Å². The molecule has 5 rings (SSSR count). The maximum Gasteiger partial charge on any atom is 0.374 e. The lowest BCUT2D eigenvalue weighted by atomic mass is 9.62. The predicted molar refractivity (Wildman–Crippen MR) is 149 cm³/mol. The van der Waals surface area contributed by atoms with Gasteiger partial charge in [0.15, 0.2) is 0 Å². The molecular formula is C29H28Cl2FN3O5. The van der Waals surface area contributed by atoms with E-state index in [2.05, 4.69) is 20.7 Å². The Morgan fingerprint density at radius 1 is 1.15 bits per heavy atom. The molecule has 0 radical (unpaired) electrons. The van der Waals surface area contributed by atoms with Crippen LogP contribution in [0.2, 0.25) is 10.0 Å². The third-order valence-corrected chi connectivity index (χ3v) is 7.99. The number of hydrogen-bond acceptors (Lipinski definition) is 6. The first-order valence-corrected chi connectivity index (χ1v) is 13.4. The Morgan fingerprint density at radius 3 is 2.60 bits per heavy atom. The van der Waals surface area contributed by atoms with Gasteiger partial charge in [-0.3, -0.25) is 14.9 Å². The Morgan fingerprint density at radius 2 is 1.90 bits per heavy atom. The molecule has 2 aliphatic heterocycles. The van der Waals surface area contributed by atoms with E-state index >= 15 is 4.39 Å². The first kappa shape index (κ1) is 28.1. The highest BCUT2D eigenvalue weighted by Gasteiger charge is 2.66. The molecule has 3 N–H and O–H groups in total. The molecule has 4 atom stereocenters. The number of hydrogen-bond donors (Lipinski definition) is 3. The Hall–Kier alpha value is -3.40. The topological polar surface area (TPSA) is 110 Å². The minimum absolute atomic E-state index is 0.00565. The fourth-order valence-electron chi connectivity index (χ4n) is 5.97. The molecule has 0 unspecified atom stereocenters. The number of methoxy groups -OCH3 is 1. The summed E-state index contributed by atoms with van der Waals surface area (Å²) in [5.41, 5.74) is -0.445. The van der Waals surface area contributed by atoms with Crippen LogP contribution in [0.15, 0.2) is 52.9 Å². The molecule has 1 aromatic heterocycles. The van der Waals surface area contributed by atoms with E-state index in [1.807, 2.05) is 20.8 Å². The largest absolute Gasteiger partial charge is 0.463 e. The van der Waals surface area contributed by atoms with Crippen LogP contribution >= 0.6 is 23.2 Å². The summed E-state index contributed by atoms with van der Waals surface area (Å²) in [5.74, 6) is -3.51. The Labute approximate surface area is 240 Å². The number of fused-ring (bicyclic) bond motifs is 2. The lowest BCUT2D eigenvalue weighted by Crippen LogP contribution is -2.49. The average molecular weight is 588 g/mol. The minimum Gasteiger partial charge on any atom is -0.463 e. The lowest BCUT2D eigenvalue weighted by Gasteiger charge is -2.37. The van der Waals surface area contributed by atoms with Gasteiger partial charge in [0.1, 0.15) is 11.2 Å². The third-order valence-electron chi connectivity index (χ3n) is 7.46. The van der Waals surface area contributed by atoms with Crippen molar-refractivity contribution >= 4 is 52.6 Å². The van der Waals surface area contributed by atoms with Gasteiger partial charge in [-0.05, 0) is 47.2 Å². The molecule has 8 nitrogen and oxygen atoms in total. The van der Waals surface area contributed by atoms with Gasteiger partial charge in [0, 0.05) is 28.7 Å². The molecule has 2 aliphatic rings. The van der Waals surface area contributed by atoms with Crippen LogP contribution in [0.5, 0.6) is 0 Å². The summed E-state index contributed by atoms with van der Waals surface area (Å²) in [6.45, 7) is 6.08. The maximum absolute atomic E-state index is 15.8. The quantitative estimate of drug-likeness (QED) is 0.320. The van der Waals surface area contributed by atoms with Crippen molar-refractivity contribution in [3.8, 4) is 0 Å². The lowest BCUT2D eigenvalue weighted by molar-refractivity contribution is -0.122. The number of amides is 2. The Kier molecular flexibility index (Phi) is 7.18. The first-order valence-electron chi connectivity index (χ1n) is 12.7. The number of ether oxygens (including phenoxy) is 1. The summed E-state index contributed by atoms with van der Waals surface area (Å²) in [4.78, 5) is 39.9. The molecule has 0 saturated carbocycles. The van der Waals surface area contributed by atoms with Gasteiger partial charge < -0.3 is 19.8 Å². The van der Waals surface area contributed by atoms with Crippen LogP contribution in [0.3, 0.4) is 0 Å². The number of furan rings is 1. The zero-order valence-electron chi connectivity index (χ0n) is 22.2. The van der Waals surface area contributed by atoms with Crippen LogP contribution in [0, 0.1) is 11.2 Å². The number of benzene rings is 2. The van der Waals surface area contributed by atoms with Crippen molar-refractivity contribution in [2.24, 2.45) is 5.41 Å². The summed E-state index contributed by atoms with van der Waals surface area (Å²) in [6, 6.07) is 10.7. The number of rotatable bonds is 5. The molecule has 1 saturated heterocycles. The monoisotopic (exact) mass is 587 g/mol. The fourth-order valence-corrected chi connectivity index (χ4v) is 6.32. The molecule has 210 valence electrons. The number of nitrogens with one attached hydrogen (secondary N) is 3. The molecule has 2 amide bonds. The van der Waals surface area contributed by atoms with Gasteiger partial charge >= 0.3 is 5.97 Å². The number of anilines is 2. The van der Waals surface area contributed by atoms with Crippen molar-refractivity contribution in [2.45, 2.75) is 50.6 Å². The van der Waals surface area contributed by atoms with Crippen molar-refractivity contribution in [3.05, 3.63) is 81.3 Å². The number of carbonyl (C=O) groups is 3. The van der Waals surface area contributed by atoms with Gasteiger partial charge in [0.2, 0.25) is 23.5 Å². The van der Waals surface area contributed by atoms with E-state index in [-0.39, 0.29) is 33.6 Å². The fraction of sp³-hybridized carbons (Fsp3) is 0.345. The van der Waals surface area contributed by atoms with E-state index in [1.165, 1.54) is 25.3 Å². The highest BCUT2D eigenvalue weighted by Crippen LogP contribution is 2.57. The first-order chi connectivity index (χ1) is 18.9. The van der Waals surface area contributed by atoms with E-state index in [4.69, 9.17) is 27.6 Å². The highest BCUT2D eigenvalue weighted by atomic mass is 35.5. The molecule has 1 spiro atoms. The van der Waals surface area contributed by atoms with Gasteiger partial charge in [-0.1, -0.05) is 62.2 Å². The molecule has 3 aromatic rings. The van der Waals surface area contributed by atoms with Gasteiger partial charge in [-0.15, -0.1) is 0 Å². The second-order valence-electron chi connectivity index (χ2n) is 11.2. The predicted octanol–water partition coefficient (Wildman–Crippen LogP) is 5.90. The number of esters is 1. The Bertz CT molecular complexity index is 1520. The zero-order valence-corrected chi connectivity index (χ0v) is 23.7. The molecule has 11 heteroatoms. The highest BCUT2D eigenvalue weighted by molar-refractivity contribution is 6.31. The normalized spacial score (nSPS) is 23.7. The molecule has 3 heterocycles. The smallest absolute Gasteiger partial charge is 0.374 e. The van der Waals surface area contributed by atoms with Gasteiger partial charge in [-0.2, -0.15) is 0 Å². The third kappa shape index (κ3) is 4.66. The number of halogens is 3. The van der Waals surface area contributed by atoms with Crippen molar-refractivity contribution < 1.29 is 27.9 Å². The van der Waals surface area contributed by atoms with E-state index in [9.17, 15) is 14.4 Å². The molecule has 0 bridgehead atoms. The van der Waals surface area contributed by atoms with Crippen LogP contribution in [0.1, 0.15) is 54.8 Å². The molecule has 1 fully saturated rings. The zero-order chi connectivity index (χ0) is 29.0. The van der Waals surface area contributed by atoms with E-state index in [1.54, 1.807) is 30.3 Å². The Balaban J connectivity index is 1.68.